The maximum atomic E-state index is 12.8. The van der Waals surface area contributed by atoms with Crippen LogP contribution in [0.2, 0.25) is 0 Å². The molecule has 2 atom stereocenters. The van der Waals surface area contributed by atoms with Gasteiger partial charge in [0.1, 0.15) is 29.1 Å². The van der Waals surface area contributed by atoms with Gasteiger partial charge in [-0.2, -0.15) is 18.4 Å². The SMILES string of the molecule is Cc1c(-c2ccc(C(F)(F)F)cc2O)nnc(N[C@@H]2CC[C@@H](C(=O)O)N(C)C2)c1C#N. The first-order chi connectivity index (χ1) is 14.5. The monoisotopic (exact) mass is 435 g/mol. The first-order valence-corrected chi connectivity index (χ1v) is 9.40. The predicted octanol–water partition coefficient (Wildman–Crippen LogP) is 3.01. The molecular formula is C20H20F3N5O3. The number of rotatable bonds is 4. The second kappa shape index (κ2) is 8.39. The molecule has 3 N–H and O–H groups in total. The summed E-state index contributed by atoms with van der Waals surface area (Å²) in [6.07, 6.45) is -3.63. The normalized spacial score (nSPS) is 19.6. The smallest absolute Gasteiger partial charge is 0.416 e. The topological polar surface area (TPSA) is 122 Å². The number of likely N-dealkylation sites (tertiary alicyclic amines) is 1. The van der Waals surface area contributed by atoms with Crippen LogP contribution in [0.15, 0.2) is 18.2 Å². The number of hydrogen-bond donors (Lipinski definition) is 3. The maximum absolute atomic E-state index is 12.8. The summed E-state index contributed by atoms with van der Waals surface area (Å²) in [4.78, 5) is 12.9. The molecule has 0 bridgehead atoms. The largest absolute Gasteiger partial charge is 0.507 e. The van der Waals surface area contributed by atoms with Gasteiger partial charge in [-0.1, -0.05) is 0 Å². The molecule has 1 fully saturated rings. The molecule has 3 rings (SSSR count). The molecule has 2 aromatic rings. The highest BCUT2D eigenvalue weighted by molar-refractivity contribution is 5.74. The van der Waals surface area contributed by atoms with Crippen molar-refractivity contribution in [1.82, 2.24) is 15.1 Å². The minimum Gasteiger partial charge on any atom is -0.507 e. The Morgan fingerprint density at radius 3 is 2.58 bits per heavy atom. The van der Waals surface area contributed by atoms with Crippen LogP contribution in [0.1, 0.15) is 29.5 Å². The number of aromatic hydroxyl groups is 1. The molecule has 0 saturated carbocycles. The zero-order chi connectivity index (χ0) is 22.9. The molecule has 0 amide bonds. The van der Waals surface area contributed by atoms with E-state index in [9.17, 15) is 33.4 Å². The van der Waals surface area contributed by atoms with E-state index in [2.05, 4.69) is 15.5 Å². The number of carboxylic acids is 1. The number of anilines is 1. The quantitative estimate of drug-likeness (QED) is 0.670. The fourth-order valence-corrected chi connectivity index (χ4v) is 3.69. The van der Waals surface area contributed by atoms with Gasteiger partial charge < -0.3 is 15.5 Å². The van der Waals surface area contributed by atoms with Gasteiger partial charge in [0, 0.05) is 18.2 Å². The van der Waals surface area contributed by atoms with Crippen LogP contribution >= 0.6 is 0 Å². The van der Waals surface area contributed by atoms with E-state index in [-0.39, 0.29) is 28.7 Å². The first-order valence-electron chi connectivity index (χ1n) is 9.40. The van der Waals surface area contributed by atoms with E-state index in [0.29, 0.717) is 31.0 Å². The van der Waals surface area contributed by atoms with Crippen molar-refractivity contribution >= 4 is 11.8 Å². The molecule has 1 aliphatic heterocycles. The summed E-state index contributed by atoms with van der Waals surface area (Å²) in [5.74, 6) is -1.32. The van der Waals surface area contributed by atoms with Crippen LogP contribution in [0, 0.1) is 18.3 Å². The third-order valence-electron chi connectivity index (χ3n) is 5.36. The lowest BCUT2D eigenvalue weighted by Crippen LogP contribution is -2.49. The molecule has 0 unspecified atom stereocenters. The number of halogens is 3. The van der Waals surface area contributed by atoms with Crippen LogP contribution in [0.4, 0.5) is 19.0 Å². The van der Waals surface area contributed by atoms with E-state index in [1.165, 1.54) is 0 Å². The Hall–Kier alpha value is -3.39. The number of nitrogens with zero attached hydrogens (tertiary/aromatic N) is 4. The summed E-state index contributed by atoms with van der Waals surface area (Å²) in [7, 11) is 1.70. The number of phenolic OH excluding ortho intramolecular Hbond substituents is 1. The molecule has 1 aromatic heterocycles. The molecule has 11 heteroatoms. The molecular weight excluding hydrogens is 415 g/mol. The second-order valence-electron chi connectivity index (χ2n) is 7.45. The minimum atomic E-state index is -4.60. The lowest BCUT2D eigenvalue weighted by Gasteiger charge is -2.35. The summed E-state index contributed by atoms with van der Waals surface area (Å²) >= 11 is 0. The van der Waals surface area contributed by atoms with Gasteiger partial charge in [-0.3, -0.25) is 9.69 Å². The van der Waals surface area contributed by atoms with Gasteiger partial charge in [0.05, 0.1) is 5.56 Å². The Bertz CT molecular complexity index is 1050. The Labute approximate surface area is 175 Å². The number of hydrogen-bond acceptors (Lipinski definition) is 7. The highest BCUT2D eigenvalue weighted by Crippen LogP contribution is 2.37. The number of alkyl halides is 3. The summed E-state index contributed by atoms with van der Waals surface area (Å²) < 4.78 is 38.5. The molecule has 0 spiro atoms. The highest BCUT2D eigenvalue weighted by atomic mass is 19.4. The summed E-state index contributed by atoms with van der Waals surface area (Å²) in [6, 6.07) is 3.80. The van der Waals surface area contributed by atoms with E-state index in [4.69, 9.17) is 0 Å². The van der Waals surface area contributed by atoms with Crippen LogP contribution in [-0.2, 0) is 11.0 Å². The minimum absolute atomic E-state index is 0.0303. The van der Waals surface area contributed by atoms with Gasteiger partial charge in [-0.05, 0) is 50.6 Å². The number of benzene rings is 1. The summed E-state index contributed by atoms with van der Waals surface area (Å²) in [5.41, 5.74) is -0.378. The van der Waals surface area contributed by atoms with Crippen molar-refractivity contribution in [2.45, 2.75) is 38.0 Å². The lowest BCUT2D eigenvalue weighted by molar-refractivity contribution is -0.144. The molecule has 8 nitrogen and oxygen atoms in total. The maximum Gasteiger partial charge on any atom is 0.416 e. The van der Waals surface area contributed by atoms with Crippen LogP contribution in [0.25, 0.3) is 11.3 Å². The number of phenols is 1. The van der Waals surface area contributed by atoms with Gasteiger partial charge >= 0.3 is 12.1 Å². The second-order valence-corrected chi connectivity index (χ2v) is 7.45. The number of piperidine rings is 1. The molecule has 0 aliphatic carbocycles. The zero-order valence-electron chi connectivity index (χ0n) is 16.7. The third-order valence-corrected chi connectivity index (χ3v) is 5.36. The average Bonchev–Trinajstić information content (AvgIpc) is 2.68. The molecule has 1 aromatic carbocycles. The van der Waals surface area contributed by atoms with E-state index in [0.717, 1.165) is 12.1 Å². The number of carboxylic acid groups (broad SMARTS) is 1. The Kier molecular flexibility index (Phi) is 6.03. The number of aliphatic carboxylic acids is 1. The van der Waals surface area contributed by atoms with Crippen molar-refractivity contribution in [2.75, 3.05) is 18.9 Å². The van der Waals surface area contributed by atoms with Crippen LogP contribution in [0.5, 0.6) is 5.75 Å². The van der Waals surface area contributed by atoms with Crippen LogP contribution < -0.4 is 5.32 Å². The van der Waals surface area contributed by atoms with Gasteiger partial charge in [-0.15, -0.1) is 10.2 Å². The molecule has 2 heterocycles. The Morgan fingerprint density at radius 1 is 1.32 bits per heavy atom. The standard InChI is InChI=1S/C20H20F3N5O3/c1-10-14(8-24)18(25-12-4-6-15(19(30)31)28(2)9-12)27-26-17(10)13-5-3-11(7-16(13)29)20(21,22)23/h3,5,7,12,15,29H,4,6,9H2,1-2H3,(H,25,27)(H,30,31)/t12-,15+/m1/s1. The summed E-state index contributed by atoms with van der Waals surface area (Å²) in [5, 5.41) is 40.1. The highest BCUT2D eigenvalue weighted by Gasteiger charge is 2.32. The first kappa shape index (κ1) is 22.3. The van der Waals surface area contributed by atoms with E-state index in [1.54, 1.807) is 18.9 Å². The molecule has 1 saturated heterocycles. The van der Waals surface area contributed by atoms with Gasteiger partial charge in [0.15, 0.2) is 5.82 Å². The Balaban J connectivity index is 1.88. The van der Waals surface area contributed by atoms with Gasteiger partial charge in [0.25, 0.3) is 0 Å². The fourth-order valence-electron chi connectivity index (χ4n) is 3.69. The van der Waals surface area contributed by atoms with Crippen LogP contribution in [-0.4, -0.2) is 57.0 Å². The van der Waals surface area contributed by atoms with Crippen molar-refractivity contribution in [3.8, 4) is 23.1 Å². The fraction of sp³-hybridized carbons (Fsp3) is 0.400. The number of carbonyl (C=O) groups is 1. The number of nitriles is 1. The molecule has 1 aliphatic rings. The summed E-state index contributed by atoms with van der Waals surface area (Å²) in [6.45, 7) is 1.99. The van der Waals surface area contributed by atoms with Gasteiger partial charge in [-0.25, -0.2) is 0 Å². The average molecular weight is 435 g/mol. The molecule has 164 valence electrons. The van der Waals surface area contributed by atoms with Crippen LogP contribution in [0.3, 0.4) is 0 Å². The Morgan fingerprint density at radius 2 is 2.03 bits per heavy atom. The van der Waals surface area contributed by atoms with Crippen molar-refractivity contribution in [3.05, 3.63) is 34.9 Å². The van der Waals surface area contributed by atoms with E-state index in [1.807, 2.05) is 6.07 Å². The van der Waals surface area contributed by atoms with Crippen molar-refractivity contribution < 1.29 is 28.2 Å². The number of aromatic nitrogens is 2. The van der Waals surface area contributed by atoms with Gasteiger partial charge in [0.2, 0.25) is 0 Å². The third kappa shape index (κ3) is 4.54. The predicted molar refractivity (Wildman–Crippen MR) is 104 cm³/mol. The lowest BCUT2D eigenvalue weighted by atomic mass is 9.98. The number of nitrogens with one attached hydrogen (secondary N) is 1. The molecule has 0 radical (unpaired) electrons. The number of likely N-dealkylation sites (N-methyl/N-ethyl adjacent to an activating group) is 1. The van der Waals surface area contributed by atoms with E-state index < -0.39 is 29.5 Å². The molecule has 31 heavy (non-hydrogen) atoms. The van der Waals surface area contributed by atoms with E-state index >= 15 is 0 Å². The van der Waals surface area contributed by atoms with Crippen molar-refractivity contribution in [3.63, 3.8) is 0 Å². The zero-order valence-corrected chi connectivity index (χ0v) is 16.7. The van der Waals surface area contributed by atoms with Crippen molar-refractivity contribution in [1.29, 1.82) is 5.26 Å². The van der Waals surface area contributed by atoms with Crippen molar-refractivity contribution in [2.24, 2.45) is 0 Å².